The summed E-state index contributed by atoms with van der Waals surface area (Å²) in [5, 5.41) is 14.5. The minimum atomic E-state index is -0.250. The third-order valence-electron chi connectivity index (χ3n) is 6.89. The lowest BCUT2D eigenvalue weighted by atomic mass is 9.72. The van der Waals surface area contributed by atoms with E-state index in [4.69, 9.17) is 36.1 Å². The third kappa shape index (κ3) is 8.08. The summed E-state index contributed by atoms with van der Waals surface area (Å²) in [4.78, 5) is 36.7. The van der Waals surface area contributed by atoms with E-state index in [1.165, 1.54) is 12.0 Å². The molecule has 3 fully saturated rings. The van der Waals surface area contributed by atoms with Crippen LogP contribution in [0.5, 0.6) is 5.75 Å². The summed E-state index contributed by atoms with van der Waals surface area (Å²) < 4.78 is 5.78. The summed E-state index contributed by atoms with van der Waals surface area (Å²) in [5.41, 5.74) is 1.23. The van der Waals surface area contributed by atoms with E-state index in [9.17, 15) is 4.79 Å². The predicted octanol–water partition coefficient (Wildman–Crippen LogP) is 3.29. The standard InChI is InChI=1S/C24H36ClN3O2.2CH2O2/c1-16(2)30-23-9-8-17(10-20(23)25)12-27-13-18-11-19(14-27)22(15-26(3)4)28-21(18)6-5-7-24(28)29;2*2-1-3/h8-10,16,18-19,21-22H,5-7,11-15H2,1-4H3;2*1H,(H,2,3)/t18-,19+,21+,22+;;/m1../s1. The van der Waals surface area contributed by atoms with Gasteiger partial charge < -0.3 is 24.7 Å². The van der Waals surface area contributed by atoms with Crippen LogP contribution in [0.15, 0.2) is 18.2 Å². The number of halogens is 1. The summed E-state index contributed by atoms with van der Waals surface area (Å²) >= 11 is 6.48. The average molecular weight is 526 g/mol. The first-order valence-electron chi connectivity index (χ1n) is 12.4. The van der Waals surface area contributed by atoms with Gasteiger partial charge in [-0.2, -0.15) is 0 Å². The molecular weight excluding hydrogens is 486 g/mol. The van der Waals surface area contributed by atoms with E-state index in [0.717, 1.165) is 51.2 Å². The largest absolute Gasteiger partial charge is 0.489 e. The van der Waals surface area contributed by atoms with Crippen LogP contribution in [0.4, 0.5) is 0 Å². The molecule has 0 radical (unpaired) electrons. The van der Waals surface area contributed by atoms with Crippen LogP contribution in [0.3, 0.4) is 0 Å². The topological polar surface area (TPSA) is 111 Å². The smallest absolute Gasteiger partial charge is 0.290 e. The number of carboxylic acid groups (broad SMARTS) is 2. The Hall–Kier alpha value is -2.36. The second-order valence-corrected chi connectivity index (χ2v) is 10.6. The normalized spacial score (nSPS) is 25.2. The molecule has 1 amide bonds. The fourth-order valence-electron chi connectivity index (χ4n) is 5.86. The van der Waals surface area contributed by atoms with Crippen LogP contribution in [-0.4, -0.2) is 95.7 Å². The Balaban J connectivity index is 0.000000693. The van der Waals surface area contributed by atoms with E-state index < -0.39 is 0 Å². The lowest BCUT2D eigenvalue weighted by Gasteiger charge is -2.57. The first-order valence-corrected chi connectivity index (χ1v) is 12.8. The Morgan fingerprint density at radius 3 is 2.39 bits per heavy atom. The Morgan fingerprint density at radius 2 is 1.81 bits per heavy atom. The van der Waals surface area contributed by atoms with Crippen LogP contribution >= 0.6 is 11.6 Å². The Labute approximate surface area is 218 Å². The van der Waals surface area contributed by atoms with E-state index >= 15 is 0 Å². The molecule has 2 N–H and O–H groups in total. The molecule has 4 rings (SSSR count). The number of fused-ring (bicyclic) bond motifs is 4. The van der Waals surface area contributed by atoms with Crippen molar-refractivity contribution in [3.8, 4) is 5.75 Å². The highest BCUT2D eigenvalue weighted by Gasteiger charge is 2.49. The number of piperidine rings is 3. The van der Waals surface area contributed by atoms with E-state index in [1.807, 2.05) is 19.9 Å². The Morgan fingerprint density at radius 1 is 1.17 bits per heavy atom. The van der Waals surface area contributed by atoms with Gasteiger partial charge in [-0.1, -0.05) is 17.7 Å². The van der Waals surface area contributed by atoms with Crippen LogP contribution in [0.1, 0.15) is 45.1 Å². The van der Waals surface area contributed by atoms with Crippen molar-refractivity contribution in [1.29, 1.82) is 0 Å². The number of likely N-dealkylation sites (tertiary alicyclic amines) is 1. The first-order chi connectivity index (χ1) is 17.1. The van der Waals surface area contributed by atoms with Crippen molar-refractivity contribution in [2.75, 3.05) is 33.7 Å². The number of ether oxygens (including phenoxy) is 1. The summed E-state index contributed by atoms with van der Waals surface area (Å²) in [6.45, 7) is 7.51. The van der Waals surface area contributed by atoms with Gasteiger partial charge in [0, 0.05) is 44.7 Å². The highest BCUT2D eigenvalue weighted by molar-refractivity contribution is 6.32. The molecule has 0 spiro atoms. The maximum absolute atomic E-state index is 12.8. The Kier molecular flexibility index (Phi) is 11.9. The molecule has 202 valence electrons. The first kappa shape index (κ1) is 29.9. The van der Waals surface area contributed by atoms with Crippen LogP contribution in [-0.2, 0) is 20.9 Å². The molecular formula is C26H40ClN3O6. The number of amides is 1. The van der Waals surface area contributed by atoms with Crippen molar-refractivity contribution in [2.45, 2.75) is 64.3 Å². The lowest BCUT2D eigenvalue weighted by molar-refractivity contribution is -0.153. The fraction of sp³-hybridized carbons (Fsp3) is 0.654. The van der Waals surface area contributed by atoms with E-state index in [1.54, 1.807) is 0 Å². The molecule has 2 bridgehead atoms. The number of hydrogen-bond donors (Lipinski definition) is 2. The van der Waals surface area contributed by atoms with Gasteiger partial charge in [0.2, 0.25) is 5.91 Å². The molecule has 0 saturated carbocycles. The van der Waals surface area contributed by atoms with Crippen molar-refractivity contribution in [3.05, 3.63) is 28.8 Å². The zero-order valence-corrected chi connectivity index (χ0v) is 22.4. The van der Waals surface area contributed by atoms with Crippen molar-refractivity contribution in [1.82, 2.24) is 14.7 Å². The van der Waals surface area contributed by atoms with E-state index in [2.05, 4.69) is 40.9 Å². The van der Waals surface area contributed by atoms with Crippen LogP contribution in [0, 0.1) is 11.8 Å². The lowest BCUT2D eigenvalue weighted by Crippen LogP contribution is -2.66. The maximum Gasteiger partial charge on any atom is 0.290 e. The van der Waals surface area contributed by atoms with Gasteiger partial charge in [0.05, 0.1) is 11.1 Å². The number of hydrogen-bond acceptors (Lipinski definition) is 6. The van der Waals surface area contributed by atoms with Crippen molar-refractivity contribution in [2.24, 2.45) is 11.8 Å². The summed E-state index contributed by atoms with van der Waals surface area (Å²) in [5.74, 6) is 2.27. The van der Waals surface area contributed by atoms with Gasteiger partial charge in [-0.25, -0.2) is 0 Å². The SMILES string of the molecule is CC(C)Oc1ccc(CN2C[C@H]3C[C@@H](C2)[C@H](CN(C)C)N2C(=O)CCC[C@@H]32)cc1Cl.O=CO.O=CO. The molecule has 0 unspecified atom stereocenters. The Bertz CT molecular complexity index is 862. The van der Waals surface area contributed by atoms with E-state index in [-0.39, 0.29) is 19.0 Å². The highest BCUT2D eigenvalue weighted by Crippen LogP contribution is 2.42. The third-order valence-corrected chi connectivity index (χ3v) is 7.19. The van der Waals surface area contributed by atoms with Gasteiger partial charge in [-0.05, 0) is 76.7 Å². The summed E-state index contributed by atoms with van der Waals surface area (Å²) in [6, 6.07) is 6.95. The van der Waals surface area contributed by atoms with Gasteiger partial charge >= 0.3 is 0 Å². The molecule has 3 aliphatic rings. The maximum atomic E-state index is 12.8. The highest BCUT2D eigenvalue weighted by atomic mass is 35.5. The monoisotopic (exact) mass is 525 g/mol. The number of benzene rings is 1. The second kappa shape index (κ2) is 14.4. The van der Waals surface area contributed by atoms with Crippen LogP contribution < -0.4 is 4.74 Å². The molecule has 9 nitrogen and oxygen atoms in total. The van der Waals surface area contributed by atoms with Crippen molar-refractivity contribution < 1.29 is 29.3 Å². The molecule has 0 aliphatic carbocycles. The van der Waals surface area contributed by atoms with Gasteiger partial charge in [0.15, 0.2) is 0 Å². The van der Waals surface area contributed by atoms with Crippen LogP contribution in [0.25, 0.3) is 0 Å². The zero-order chi connectivity index (χ0) is 26.8. The molecule has 36 heavy (non-hydrogen) atoms. The number of carbonyl (C=O) groups excluding carboxylic acids is 1. The quantitative estimate of drug-likeness (QED) is 0.544. The number of nitrogens with zero attached hydrogens (tertiary/aromatic N) is 3. The average Bonchev–Trinajstić information content (AvgIpc) is 2.79. The zero-order valence-electron chi connectivity index (χ0n) is 21.7. The van der Waals surface area contributed by atoms with Crippen molar-refractivity contribution in [3.63, 3.8) is 0 Å². The molecule has 3 aliphatic heterocycles. The molecule has 4 atom stereocenters. The minimum absolute atomic E-state index is 0.115. The fourth-order valence-corrected chi connectivity index (χ4v) is 6.11. The molecule has 3 saturated heterocycles. The summed E-state index contributed by atoms with van der Waals surface area (Å²) in [6.07, 6.45) is 4.30. The van der Waals surface area contributed by atoms with Crippen LogP contribution in [0.2, 0.25) is 5.02 Å². The van der Waals surface area contributed by atoms with Gasteiger partial charge in [-0.15, -0.1) is 0 Å². The number of likely N-dealkylation sites (N-methyl/N-ethyl adjacent to an activating group) is 1. The predicted molar refractivity (Wildman–Crippen MR) is 138 cm³/mol. The van der Waals surface area contributed by atoms with Crippen molar-refractivity contribution >= 4 is 30.5 Å². The second-order valence-electron chi connectivity index (χ2n) is 10.2. The molecule has 3 heterocycles. The minimum Gasteiger partial charge on any atom is -0.489 e. The molecule has 10 heteroatoms. The number of carbonyl (C=O) groups is 3. The van der Waals surface area contributed by atoms with Gasteiger partial charge in [-0.3, -0.25) is 19.3 Å². The summed E-state index contributed by atoms with van der Waals surface area (Å²) in [7, 11) is 4.25. The number of rotatable bonds is 6. The van der Waals surface area contributed by atoms with Gasteiger partial charge in [0.1, 0.15) is 5.75 Å². The molecule has 1 aromatic rings. The molecule has 1 aromatic carbocycles. The van der Waals surface area contributed by atoms with Gasteiger partial charge in [0.25, 0.3) is 12.9 Å². The van der Waals surface area contributed by atoms with E-state index in [0.29, 0.717) is 34.8 Å². The molecule has 0 aromatic heterocycles.